The van der Waals surface area contributed by atoms with E-state index < -0.39 is 0 Å². The minimum Gasteiger partial charge on any atom is -0.481 e. The van der Waals surface area contributed by atoms with E-state index in [1.165, 1.54) is 0 Å². The number of nitrogens with one attached hydrogen (secondary N) is 1. The summed E-state index contributed by atoms with van der Waals surface area (Å²) >= 11 is 0. The first kappa shape index (κ1) is 5.65. The molecule has 0 spiro atoms. The molecule has 0 saturated carbocycles. The standard InChI is InChI=1S/C7H8N2O/c1-2-8-5-6-7(1)10-4-3-9-6/h1-3,6H,4-5H2/p+1. The van der Waals surface area contributed by atoms with Crippen molar-refractivity contribution < 1.29 is 9.73 Å². The van der Waals surface area contributed by atoms with Gasteiger partial charge in [0, 0.05) is 12.3 Å². The minimum atomic E-state index is 0.291. The topological polar surface area (TPSA) is 35.6 Å². The Hall–Kier alpha value is -1.12. The van der Waals surface area contributed by atoms with Crippen molar-refractivity contribution in [3.63, 3.8) is 0 Å². The van der Waals surface area contributed by atoms with Crippen molar-refractivity contribution in [1.82, 2.24) is 0 Å². The van der Waals surface area contributed by atoms with Gasteiger partial charge in [-0.05, 0) is 0 Å². The minimum absolute atomic E-state index is 0.291. The lowest BCUT2D eigenvalue weighted by molar-refractivity contribution is -0.497. The normalized spacial score (nSPS) is 28.8. The van der Waals surface area contributed by atoms with Crippen LogP contribution in [0.2, 0.25) is 0 Å². The van der Waals surface area contributed by atoms with E-state index in [0.29, 0.717) is 12.6 Å². The molecule has 2 rings (SSSR count). The average molecular weight is 137 g/mol. The van der Waals surface area contributed by atoms with Crippen LogP contribution in [0.4, 0.5) is 0 Å². The molecule has 2 aliphatic rings. The molecule has 10 heavy (non-hydrogen) atoms. The summed E-state index contributed by atoms with van der Waals surface area (Å²) in [7, 11) is 0. The van der Waals surface area contributed by atoms with Crippen LogP contribution in [0.5, 0.6) is 0 Å². The third-order valence-electron chi connectivity index (χ3n) is 1.63. The van der Waals surface area contributed by atoms with Gasteiger partial charge in [0.25, 0.3) is 0 Å². The van der Waals surface area contributed by atoms with Crippen LogP contribution in [0.15, 0.2) is 16.8 Å². The van der Waals surface area contributed by atoms with Crippen LogP contribution in [-0.4, -0.2) is 31.6 Å². The van der Waals surface area contributed by atoms with Gasteiger partial charge in [0.2, 0.25) is 6.04 Å². The van der Waals surface area contributed by atoms with Crippen LogP contribution < -0.4 is 4.99 Å². The Kier molecular flexibility index (Phi) is 1.27. The van der Waals surface area contributed by atoms with Crippen LogP contribution >= 0.6 is 0 Å². The third-order valence-corrected chi connectivity index (χ3v) is 1.63. The summed E-state index contributed by atoms with van der Waals surface area (Å²) in [6, 6.07) is 0.291. The maximum atomic E-state index is 5.33. The van der Waals surface area contributed by atoms with E-state index in [-0.39, 0.29) is 0 Å². The molecule has 0 bridgehead atoms. The maximum Gasteiger partial charge on any atom is 0.226 e. The van der Waals surface area contributed by atoms with Gasteiger partial charge in [-0.3, -0.25) is 4.99 Å². The molecule has 0 fully saturated rings. The number of hydrogen-bond donors (Lipinski definition) is 1. The van der Waals surface area contributed by atoms with Gasteiger partial charge < -0.3 is 4.74 Å². The smallest absolute Gasteiger partial charge is 0.226 e. The second-order valence-corrected chi connectivity index (χ2v) is 2.32. The molecule has 0 amide bonds. The van der Waals surface area contributed by atoms with Crippen molar-refractivity contribution in [2.45, 2.75) is 6.04 Å². The van der Waals surface area contributed by atoms with E-state index in [1.54, 1.807) is 6.21 Å². The molecule has 0 aliphatic carbocycles. The summed E-state index contributed by atoms with van der Waals surface area (Å²) in [5, 5.41) is 0. The summed E-state index contributed by atoms with van der Waals surface area (Å²) in [4.78, 5) is 7.29. The van der Waals surface area contributed by atoms with Gasteiger partial charge in [0.15, 0.2) is 18.6 Å². The van der Waals surface area contributed by atoms with E-state index in [9.17, 15) is 0 Å². The third kappa shape index (κ3) is 0.835. The number of hydrogen-bond acceptors (Lipinski definition) is 2. The van der Waals surface area contributed by atoms with Crippen molar-refractivity contribution in [3.05, 3.63) is 11.8 Å². The predicted octanol–water partition coefficient (Wildman–Crippen LogP) is -1.50. The van der Waals surface area contributed by atoms with Crippen LogP contribution in [0, 0.1) is 0 Å². The SMILES string of the molecule is C1=NCC2[NH+]=CCOC2=C1. The highest BCUT2D eigenvalue weighted by molar-refractivity contribution is 5.73. The Balaban J connectivity index is 2.26. The molecule has 1 N–H and O–H groups in total. The van der Waals surface area contributed by atoms with Gasteiger partial charge in [-0.25, -0.2) is 4.99 Å². The van der Waals surface area contributed by atoms with Gasteiger partial charge >= 0.3 is 0 Å². The van der Waals surface area contributed by atoms with Crippen LogP contribution in [0.1, 0.15) is 0 Å². The van der Waals surface area contributed by atoms with Crippen molar-refractivity contribution in [1.29, 1.82) is 0 Å². The average Bonchev–Trinajstić information content (AvgIpc) is 2.05. The lowest BCUT2D eigenvalue weighted by atomic mass is 10.2. The molecule has 1 unspecified atom stereocenters. The fourth-order valence-corrected chi connectivity index (χ4v) is 1.11. The highest BCUT2D eigenvalue weighted by Gasteiger charge is 2.23. The zero-order valence-electron chi connectivity index (χ0n) is 5.58. The number of ether oxygens (including phenoxy) is 1. The number of rotatable bonds is 0. The highest BCUT2D eigenvalue weighted by Crippen LogP contribution is 2.04. The lowest BCUT2D eigenvalue weighted by Crippen LogP contribution is -2.80. The fraction of sp³-hybridized carbons (Fsp3) is 0.429. The number of aliphatic imine (C=N–C) groups is 1. The lowest BCUT2D eigenvalue weighted by Gasteiger charge is -2.15. The summed E-state index contributed by atoms with van der Waals surface area (Å²) in [6.45, 7) is 1.46. The quantitative estimate of drug-likeness (QED) is 0.433. The molecule has 52 valence electrons. The molecular formula is C7H9N2O+. The van der Waals surface area contributed by atoms with Gasteiger partial charge in [-0.15, -0.1) is 0 Å². The monoisotopic (exact) mass is 137 g/mol. The number of dihydropyridines is 1. The van der Waals surface area contributed by atoms with Gasteiger partial charge in [-0.1, -0.05) is 0 Å². The second kappa shape index (κ2) is 2.25. The number of allylic oxidation sites excluding steroid dienone is 1. The first-order valence-electron chi connectivity index (χ1n) is 3.37. The van der Waals surface area contributed by atoms with E-state index in [1.807, 2.05) is 12.3 Å². The fourth-order valence-electron chi connectivity index (χ4n) is 1.11. The van der Waals surface area contributed by atoms with Gasteiger partial charge in [0.05, 0.1) is 0 Å². The zero-order chi connectivity index (χ0) is 6.81. The second-order valence-electron chi connectivity index (χ2n) is 2.32. The zero-order valence-corrected chi connectivity index (χ0v) is 5.58. The van der Waals surface area contributed by atoms with Crippen molar-refractivity contribution in [3.8, 4) is 0 Å². The van der Waals surface area contributed by atoms with Crippen molar-refractivity contribution >= 4 is 12.4 Å². The molecule has 3 heteroatoms. The largest absolute Gasteiger partial charge is 0.481 e. The highest BCUT2D eigenvalue weighted by atomic mass is 16.5. The van der Waals surface area contributed by atoms with Crippen molar-refractivity contribution in [2.75, 3.05) is 13.2 Å². The van der Waals surface area contributed by atoms with Crippen LogP contribution in [0.25, 0.3) is 0 Å². The van der Waals surface area contributed by atoms with Crippen molar-refractivity contribution in [2.24, 2.45) is 4.99 Å². The predicted molar refractivity (Wildman–Crippen MR) is 38.2 cm³/mol. The Labute approximate surface area is 59.1 Å². The summed E-state index contributed by atoms with van der Waals surface area (Å²) in [6.07, 6.45) is 5.62. The molecular weight excluding hydrogens is 128 g/mol. The number of nitrogens with zero attached hydrogens (tertiary/aromatic N) is 1. The van der Waals surface area contributed by atoms with E-state index >= 15 is 0 Å². The van der Waals surface area contributed by atoms with E-state index in [4.69, 9.17) is 4.74 Å². The Bertz CT molecular complexity index is 218. The van der Waals surface area contributed by atoms with E-state index in [2.05, 4.69) is 9.98 Å². The first-order valence-corrected chi connectivity index (χ1v) is 3.37. The molecule has 3 nitrogen and oxygen atoms in total. The Morgan fingerprint density at radius 2 is 2.70 bits per heavy atom. The molecule has 0 saturated heterocycles. The Morgan fingerprint density at radius 3 is 3.60 bits per heavy atom. The molecule has 1 atom stereocenters. The molecule has 0 radical (unpaired) electrons. The van der Waals surface area contributed by atoms with Gasteiger partial charge in [0.1, 0.15) is 6.54 Å². The van der Waals surface area contributed by atoms with Crippen LogP contribution in [-0.2, 0) is 4.74 Å². The van der Waals surface area contributed by atoms with E-state index in [0.717, 1.165) is 12.3 Å². The summed E-state index contributed by atoms with van der Waals surface area (Å²) in [5.74, 6) is 1.01. The maximum absolute atomic E-state index is 5.33. The first-order chi connectivity index (χ1) is 4.97. The van der Waals surface area contributed by atoms with Gasteiger partial charge in [-0.2, -0.15) is 0 Å². The van der Waals surface area contributed by atoms with Crippen LogP contribution in [0.3, 0.4) is 0 Å². The molecule has 2 aliphatic heterocycles. The summed E-state index contributed by atoms with van der Waals surface area (Å²) < 4.78 is 5.33. The molecule has 0 aromatic heterocycles. The summed E-state index contributed by atoms with van der Waals surface area (Å²) in [5.41, 5.74) is 0. The molecule has 0 aromatic rings. The number of fused-ring (bicyclic) bond motifs is 1. The molecule has 0 aromatic carbocycles. The molecule has 2 heterocycles. The Morgan fingerprint density at radius 1 is 1.70 bits per heavy atom.